The Morgan fingerprint density at radius 2 is 2.00 bits per heavy atom. The predicted octanol–water partition coefficient (Wildman–Crippen LogP) is 2.42. The van der Waals surface area contributed by atoms with Gasteiger partial charge in [0, 0.05) is 18.7 Å². The summed E-state index contributed by atoms with van der Waals surface area (Å²) < 4.78 is 5.13. The number of aromatic nitrogens is 1. The van der Waals surface area contributed by atoms with Gasteiger partial charge in [-0.05, 0) is 42.8 Å². The second-order valence-corrected chi connectivity index (χ2v) is 4.44. The molecular formula is C16H17N3O2. The van der Waals surface area contributed by atoms with Gasteiger partial charge in [-0.15, -0.1) is 0 Å². The van der Waals surface area contributed by atoms with Crippen LogP contribution in [0.1, 0.15) is 12.0 Å². The molecule has 0 aliphatic rings. The number of rotatable bonds is 6. The van der Waals surface area contributed by atoms with E-state index in [1.807, 2.05) is 30.3 Å². The van der Waals surface area contributed by atoms with Crippen LogP contribution in [0.4, 0.5) is 5.82 Å². The Labute approximate surface area is 123 Å². The zero-order valence-corrected chi connectivity index (χ0v) is 11.8. The van der Waals surface area contributed by atoms with Crippen molar-refractivity contribution in [1.29, 1.82) is 5.26 Å². The van der Waals surface area contributed by atoms with E-state index in [4.69, 9.17) is 15.1 Å². The minimum absolute atomic E-state index is 0.104. The van der Waals surface area contributed by atoms with Crippen molar-refractivity contribution in [3.8, 4) is 23.1 Å². The molecule has 5 nitrogen and oxygen atoms in total. The molecule has 0 bridgehead atoms. The summed E-state index contributed by atoms with van der Waals surface area (Å²) in [6, 6.07) is 13.3. The van der Waals surface area contributed by atoms with Crippen molar-refractivity contribution >= 4 is 5.82 Å². The van der Waals surface area contributed by atoms with Crippen LogP contribution < -0.4 is 10.1 Å². The van der Waals surface area contributed by atoms with Gasteiger partial charge in [0.1, 0.15) is 17.6 Å². The van der Waals surface area contributed by atoms with Gasteiger partial charge in [0.2, 0.25) is 0 Å². The SMILES string of the molecule is COc1ccc(-c2ccc(C#N)c(NCCCO)n2)cc1. The molecule has 2 N–H and O–H groups in total. The lowest BCUT2D eigenvalue weighted by molar-refractivity contribution is 0.292. The Hall–Kier alpha value is -2.58. The fraction of sp³-hybridized carbons (Fsp3) is 0.250. The molecule has 0 amide bonds. The zero-order valence-electron chi connectivity index (χ0n) is 11.8. The van der Waals surface area contributed by atoms with Gasteiger partial charge in [-0.2, -0.15) is 5.26 Å². The Bertz CT molecular complexity index is 633. The highest BCUT2D eigenvalue weighted by Crippen LogP contribution is 2.23. The smallest absolute Gasteiger partial charge is 0.144 e. The fourth-order valence-corrected chi connectivity index (χ4v) is 1.89. The number of benzene rings is 1. The molecular weight excluding hydrogens is 266 g/mol. The second-order valence-electron chi connectivity index (χ2n) is 4.44. The standard InChI is InChI=1S/C16H17N3O2/c1-21-14-6-3-12(4-7-14)15-8-5-13(11-17)16(19-15)18-9-2-10-20/h3-8,20H,2,9-10H2,1H3,(H,18,19). The van der Waals surface area contributed by atoms with E-state index in [2.05, 4.69) is 16.4 Å². The van der Waals surface area contributed by atoms with Crippen LogP contribution in [0.2, 0.25) is 0 Å². The van der Waals surface area contributed by atoms with Crippen LogP contribution in [0.15, 0.2) is 36.4 Å². The second kappa shape index (κ2) is 7.27. The highest BCUT2D eigenvalue weighted by molar-refractivity contribution is 5.65. The van der Waals surface area contributed by atoms with Crippen molar-refractivity contribution in [2.75, 3.05) is 25.6 Å². The molecule has 0 atom stereocenters. The molecule has 108 valence electrons. The van der Waals surface area contributed by atoms with Gasteiger partial charge < -0.3 is 15.2 Å². The van der Waals surface area contributed by atoms with Gasteiger partial charge in [-0.1, -0.05) is 0 Å². The van der Waals surface area contributed by atoms with Crippen LogP contribution in [-0.4, -0.2) is 30.4 Å². The Kier molecular flexibility index (Phi) is 5.13. The van der Waals surface area contributed by atoms with Crippen molar-refractivity contribution in [2.45, 2.75) is 6.42 Å². The molecule has 0 unspecified atom stereocenters. The number of ether oxygens (including phenoxy) is 1. The maximum Gasteiger partial charge on any atom is 0.144 e. The minimum atomic E-state index is 0.104. The molecule has 0 fully saturated rings. The van der Waals surface area contributed by atoms with Crippen molar-refractivity contribution in [2.24, 2.45) is 0 Å². The van der Waals surface area contributed by atoms with E-state index in [0.717, 1.165) is 17.0 Å². The largest absolute Gasteiger partial charge is 0.497 e. The molecule has 1 heterocycles. The summed E-state index contributed by atoms with van der Waals surface area (Å²) >= 11 is 0. The summed E-state index contributed by atoms with van der Waals surface area (Å²) in [6.07, 6.45) is 0.610. The Balaban J connectivity index is 2.27. The van der Waals surface area contributed by atoms with Crippen LogP contribution >= 0.6 is 0 Å². The number of nitriles is 1. The number of nitrogens with one attached hydrogen (secondary N) is 1. The van der Waals surface area contributed by atoms with Crippen LogP contribution in [0.5, 0.6) is 5.75 Å². The average molecular weight is 283 g/mol. The molecule has 1 aromatic carbocycles. The van der Waals surface area contributed by atoms with Gasteiger partial charge in [0.15, 0.2) is 0 Å². The van der Waals surface area contributed by atoms with Gasteiger partial charge in [0.05, 0.1) is 18.4 Å². The van der Waals surface area contributed by atoms with Crippen molar-refractivity contribution < 1.29 is 9.84 Å². The fourth-order valence-electron chi connectivity index (χ4n) is 1.89. The van der Waals surface area contributed by atoms with Crippen LogP contribution in [0, 0.1) is 11.3 Å². The third-order valence-electron chi connectivity index (χ3n) is 3.03. The van der Waals surface area contributed by atoms with E-state index in [1.54, 1.807) is 13.2 Å². The molecule has 1 aromatic heterocycles. The molecule has 21 heavy (non-hydrogen) atoms. The molecule has 0 radical (unpaired) electrons. The normalized spacial score (nSPS) is 9.95. The molecule has 2 aromatic rings. The highest BCUT2D eigenvalue weighted by atomic mass is 16.5. The van der Waals surface area contributed by atoms with E-state index in [9.17, 15) is 0 Å². The highest BCUT2D eigenvalue weighted by Gasteiger charge is 2.07. The molecule has 0 aliphatic heterocycles. The number of methoxy groups -OCH3 is 1. The van der Waals surface area contributed by atoms with Crippen LogP contribution in [0.3, 0.4) is 0 Å². The molecule has 2 rings (SSSR count). The number of hydrogen-bond donors (Lipinski definition) is 2. The maximum atomic E-state index is 9.11. The summed E-state index contributed by atoms with van der Waals surface area (Å²) in [5, 5.41) is 21.0. The first-order valence-corrected chi connectivity index (χ1v) is 6.69. The summed E-state index contributed by atoms with van der Waals surface area (Å²) in [7, 11) is 1.62. The predicted molar refractivity (Wildman–Crippen MR) is 81.1 cm³/mol. The summed E-state index contributed by atoms with van der Waals surface area (Å²) in [5.41, 5.74) is 2.22. The monoisotopic (exact) mass is 283 g/mol. The van der Waals surface area contributed by atoms with Crippen molar-refractivity contribution in [3.05, 3.63) is 42.0 Å². The van der Waals surface area contributed by atoms with Crippen molar-refractivity contribution in [1.82, 2.24) is 4.98 Å². The van der Waals surface area contributed by atoms with Gasteiger partial charge in [-0.3, -0.25) is 0 Å². The summed E-state index contributed by atoms with van der Waals surface area (Å²) in [5.74, 6) is 1.33. The van der Waals surface area contributed by atoms with E-state index in [1.165, 1.54) is 0 Å². The summed E-state index contributed by atoms with van der Waals surface area (Å²) in [6.45, 7) is 0.678. The average Bonchev–Trinajstić information content (AvgIpc) is 2.55. The minimum Gasteiger partial charge on any atom is -0.497 e. The third-order valence-corrected chi connectivity index (χ3v) is 3.03. The number of pyridine rings is 1. The number of aliphatic hydroxyl groups is 1. The van der Waals surface area contributed by atoms with E-state index in [-0.39, 0.29) is 6.61 Å². The van der Waals surface area contributed by atoms with Crippen LogP contribution in [-0.2, 0) is 0 Å². The van der Waals surface area contributed by atoms with Gasteiger partial charge >= 0.3 is 0 Å². The van der Waals surface area contributed by atoms with E-state index < -0.39 is 0 Å². The van der Waals surface area contributed by atoms with Gasteiger partial charge in [0.25, 0.3) is 0 Å². The van der Waals surface area contributed by atoms with Crippen molar-refractivity contribution in [3.63, 3.8) is 0 Å². The topological polar surface area (TPSA) is 78.2 Å². The lowest BCUT2D eigenvalue weighted by Crippen LogP contribution is -2.07. The number of anilines is 1. The van der Waals surface area contributed by atoms with E-state index >= 15 is 0 Å². The first-order valence-electron chi connectivity index (χ1n) is 6.69. The Morgan fingerprint density at radius 1 is 1.24 bits per heavy atom. The molecule has 0 saturated heterocycles. The number of nitrogens with zero attached hydrogens (tertiary/aromatic N) is 2. The first-order chi connectivity index (χ1) is 10.3. The lowest BCUT2D eigenvalue weighted by atomic mass is 10.1. The number of aliphatic hydroxyl groups excluding tert-OH is 1. The Morgan fingerprint density at radius 3 is 2.62 bits per heavy atom. The van der Waals surface area contributed by atoms with E-state index in [0.29, 0.717) is 24.3 Å². The number of hydrogen-bond acceptors (Lipinski definition) is 5. The molecule has 5 heteroatoms. The molecule has 0 spiro atoms. The molecule has 0 saturated carbocycles. The first kappa shape index (κ1) is 14.8. The van der Waals surface area contributed by atoms with Crippen LogP contribution in [0.25, 0.3) is 11.3 Å². The lowest BCUT2D eigenvalue weighted by Gasteiger charge is -2.09. The molecule has 0 aliphatic carbocycles. The van der Waals surface area contributed by atoms with Gasteiger partial charge in [-0.25, -0.2) is 4.98 Å². The third kappa shape index (κ3) is 3.71. The summed E-state index contributed by atoms with van der Waals surface area (Å²) in [4.78, 5) is 4.49. The maximum absolute atomic E-state index is 9.11. The zero-order chi connectivity index (χ0) is 15.1. The quantitative estimate of drug-likeness (QED) is 0.796.